The van der Waals surface area contributed by atoms with E-state index < -0.39 is 23.9 Å². The molecule has 0 aliphatic heterocycles. The molecule has 1 aromatic heterocycles. The molecule has 0 spiro atoms. The van der Waals surface area contributed by atoms with E-state index in [0.717, 1.165) is 0 Å². The van der Waals surface area contributed by atoms with Crippen molar-refractivity contribution in [1.82, 2.24) is 4.98 Å². The van der Waals surface area contributed by atoms with E-state index in [2.05, 4.69) is 20.9 Å². The van der Waals surface area contributed by atoms with Gasteiger partial charge in [0.25, 0.3) is 6.43 Å². The van der Waals surface area contributed by atoms with E-state index in [0.29, 0.717) is 12.1 Å². The van der Waals surface area contributed by atoms with Gasteiger partial charge in [-0.05, 0) is 28.1 Å². The van der Waals surface area contributed by atoms with E-state index in [4.69, 9.17) is 0 Å². The van der Waals surface area contributed by atoms with Gasteiger partial charge in [-0.1, -0.05) is 0 Å². The second kappa shape index (κ2) is 3.80. The van der Waals surface area contributed by atoms with Crippen molar-refractivity contribution in [3.8, 4) is 0 Å². The van der Waals surface area contributed by atoms with Crippen LogP contribution in [0.4, 0.5) is 22.0 Å². The first-order valence-corrected chi connectivity index (χ1v) is 4.13. The van der Waals surface area contributed by atoms with Crippen LogP contribution in [0.3, 0.4) is 0 Å². The van der Waals surface area contributed by atoms with Crippen LogP contribution in [0.5, 0.6) is 0 Å². The predicted molar refractivity (Wildman–Crippen MR) is 41.9 cm³/mol. The SMILES string of the molecule is FC(F)c1cc(C(F)(F)F)cc(Br)n1. The molecule has 0 amide bonds. The van der Waals surface area contributed by atoms with E-state index in [9.17, 15) is 22.0 Å². The minimum atomic E-state index is -4.64. The lowest BCUT2D eigenvalue weighted by molar-refractivity contribution is -0.137. The van der Waals surface area contributed by atoms with E-state index in [1.54, 1.807) is 0 Å². The van der Waals surface area contributed by atoms with Gasteiger partial charge in [-0.3, -0.25) is 0 Å². The van der Waals surface area contributed by atoms with Crippen molar-refractivity contribution in [2.24, 2.45) is 0 Å². The third-order valence-electron chi connectivity index (χ3n) is 1.36. The molecule has 0 radical (unpaired) electrons. The summed E-state index contributed by atoms with van der Waals surface area (Å²) in [5.41, 5.74) is -2.04. The molecule has 0 fully saturated rings. The van der Waals surface area contributed by atoms with Gasteiger partial charge >= 0.3 is 6.18 Å². The Morgan fingerprint density at radius 2 is 1.79 bits per heavy atom. The second-order valence-electron chi connectivity index (χ2n) is 2.40. The summed E-state index contributed by atoms with van der Waals surface area (Å²) >= 11 is 2.63. The summed E-state index contributed by atoms with van der Waals surface area (Å²) in [5, 5.41) is 0. The lowest BCUT2D eigenvalue weighted by Gasteiger charge is -2.08. The highest BCUT2D eigenvalue weighted by atomic mass is 79.9. The van der Waals surface area contributed by atoms with Gasteiger partial charge in [-0.25, -0.2) is 13.8 Å². The lowest BCUT2D eigenvalue weighted by Crippen LogP contribution is -2.07. The number of hydrogen-bond acceptors (Lipinski definition) is 1. The van der Waals surface area contributed by atoms with Gasteiger partial charge < -0.3 is 0 Å². The first kappa shape index (κ1) is 11.4. The molecule has 0 aliphatic rings. The maximum atomic E-state index is 12.1. The van der Waals surface area contributed by atoms with Gasteiger partial charge in [0.15, 0.2) is 0 Å². The Hall–Kier alpha value is -0.720. The number of hydrogen-bond donors (Lipinski definition) is 0. The zero-order valence-corrected chi connectivity index (χ0v) is 8.03. The van der Waals surface area contributed by atoms with E-state index >= 15 is 0 Å². The Morgan fingerprint density at radius 3 is 2.21 bits per heavy atom. The Labute approximate surface area is 84.1 Å². The normalized spacial score (nSPS) is 12.2. The quantitative estimate of drug-likeness (QED) is 0.561. The third-order valence-corrected chi connectivity index (χ3v) is 1.77. The van der Waals surface area contributed by atoms with Gasteiger partial charge in [0.05, 0.1) is 5.56 Å². The first-order chi connectivity index (χ1) is 6.30. The van der Waals surface area contributed by atoms with Gasteiger partial charge in [-0.15, -0.1) is 0 Å². The fraction of sp³-hybridized carbons (Fsp3) is 0.286. The molecule has 0 saturated heterocycles. The van der Waals surface area contributed by atoms with Crippen LogP contribution in [-0.2, 0) is 6.18 Å². The summed E-state index contributed by atoms with van der Waals surface area (Å²) < 4.78 is 60.2. The first-order valence-electron chi connectivity index (χ1n) is 3.33. The maximum Gasteiger partial charge on any atom is 0.416 e. The number of pyridine rings is 1. The number of alkyl halides is 5. The summed E-state index contributed by atoms with van der Waals surface area (Å²) in [6.45, 7) is 0. The molecule has 1 rings (SSSR count). The van der Waals surface area contributed by atoms with Crippen molar-refractivity contribution >= 4 is 15.9 Å². The third kappa shape index (κ3) is 2.63. The summed E-state index contributed by atoms with van der Waals surface area (Å²) in [5.74, 6) is 0. The minimum absolute atomic E-state index is 0.261. The van der Waals surface area contributed by atoms with Crippen molar-refractivity contribution < 1.29 is 22.0 Å². The molecule has 14 heavy (non-hydrogen) atoms. The molecule has 78 valence electrons. The Bertz CT molecular complexity index is 335. The maximum absolute atomic E-state index is 12.1. The van der Waals surface area contributed by atoms with E-state index in [1.165, 1.54) is 0 Å². The largest absolute Gasteiger partial charge is 0.416 e. The molecular weight excluding hydrogens is 273 g/mol. The number of nitrogens with zero attached hydrogens (tertiary/aromatic N) is 1. The predicted octanol–water partition coefficient (Wildman–Crippen LogP) is 3.80. The molecule has 1 nitrogen and oxygen atoms in total. The van der Waals surface area contributed by atoms with Crippen molar-refractivity contribution in [2.75, 3.05) is 0 Å². The van der Waals surface area contributed by atoms with Crippen LogP contribution in [0.25, 0.3) is 0 Å². The van der Waals surface area contributed by atoms with Crippen molar-refractivity contribution in [1.29, 1.82) is 0 Å². The fourth-order valence-electron chi connectivity index (χ4n) is 0.793. The summed E-state index contributed by atoms with van der Waals surface area (Å²) in [7, 11) is 0. The molecule has 0 aliphatic carbocycles. The van der Waals surface area contributed by atoms with Gasteiger partial charge in [0.2, 0.25) is 0 Å². The topological polar surface area (TPSA) is 12.9 Å². The highest BCUT2D eigenvalue weighted by molar-refractivity contribution is 9.10. The van der Waals surface area contributed by atoms with E-state index in [-0.39, 0.29) is 4.60 Å². The molecule has 7 heteroatoms. The van der Waals surface area contributed by atoms with Gasteiger partial charge in [0, 0.05) is 0 Å². The average molecular weight is 276 g/mol. The minimum Gasteiger partial charge on any atom is -0.240 e. The molecule has 0 bridgehead atoms. The van der Waals surface area contributed by atoms with Crippen LogP contribution in [-0.4, -0.2) is 4.98 Å². The summed E-state index contributed by atoms with van der Waals surface area (Å²) in [6.07, 6.45) is -7.66. The van der Waals surface area contributed by atoms with Crippen LogP contribution < -0.4 is 0 Å². The molecule has 0 saturated carbocycles. The van der Waals surface area contributed by atoms with Crippen LogP contribution in [0, 0.1) is 0 Å². The molecule has 0 atom stereocenters. The monoisotopic (exact) mass is 275 g/mol. The Morgan fingerprint density at radius 1 is 1.21 bits per heavy atom. The molecular formula is C7H3BrF5N. The fourth-order valence-corrected chi connectivity index (χ4v) is 1.24. The Kier molecular flexibility index (Phi) is 3.08. The van der Waals surface area contributed by atoms with Crippen LogP contribution in [0.2, 0.25) is 0 Å². The summed E-state index contributed by atoms with van der Waals surface area (Å²) in [6, 6.07) is 0.974. The highest BCUT2D eigenvalue weighted by Gasteiger charge is 2.32. The lowest BCUT2D eigenvalue weighted by atomic mass is 10.2. The zero-order chi connectivity index (χ0) is 10.9. The van der Waals surface area contributed by atoms with Crippen LogP contribution in [0.1, 0.15) is 17.7 Å². The average Bonchev–Trinajstić information content (AvgIpc) is 2.01. The number of aromatic nitrogens is 1. The summed E-state index contributed by atoms with van der Waals surface area (Å²) in [4.78, 5) is 3.21. The number of halogens is 6. The van der Waals surface area contributed by atoms with E-state index in [1.807, 2.05) is 0 Å². The molecule has 0 aromatic carbocycles. The number of rotatable bonds is 1. The van der Waals surface area contributed by atoms with Gasteiger partial charge in [0.1, 0.15) is 10.3 Å². The molecule has 1 aromatic rings. The van der Waals surface area contributed by atoms with Crippen molar-refractivity contribution in [3.05, 3.63) is 28.0 Å². The molecule has 1 heterocycles. The highest BCUT2D eigenvalue weighted by Crippen LogP contribution is 2.32. The second-order valence-corrected chi connectivity index (χ2v) is 3.21. The van der Waals surface area contributed by atoms with Gasteiger partial charge in [-0.2, -0.15) is 13.2 Å². The molecule has 0 N–H and O–H groups in total. The standard InChI is InChI=1S/C7H3BrF5N/c8-5-2-3(7(11,12)13)1-4(14-5)6(9)10/h1-2,6H. The smallest absolute Gasteiger partial charge is 0.240 e. The van der Waals surface area contributed by atoms with Crippen molar-refractivity contribution in [2.45, 2.75) is 12.6 Å². The zero-order valence-electron chi connectivity index (χ0n) is 6.45. The van der Waals surface area contributed by atoms with Crippen molar-refractivity contribution in [3.63, 3.8) is 0 Å². The van der Waals surface area contributed by atoms with Crippen LogP contribution in [0.15, 0.2) is 16.7 Å². The van der Waals surface area contributed by atoms with Crippen LogP contribution >= 0.6 is 15.9 Å². The Balaban J connectivity index is 3.21. The molecule has 0 unspecified atom stereocenters.